The van der Waals surface area contributed by atoms with Crippen LogP contribution in [0, 0.1) is 0 Å². The van der Waals surface area contributed by atoms with Gasteiger partial charge in [-0.2, -0.15) is 0 Å². The van der Waals surface area contributed by atoms with E-state index in [-0.39, 0.29) is 29.3 Å². The molecule has 1 heterocycles. The van der Waals surface area contributed by atoms with Crippen LogP contribution in [-0.4, -0.2) is 32.4 Å². The number of amides is 1. The van der Waals surface area contributed by atoms with E-state index in [1.165, 1.54) is 12.4 Å². The number of hydrogen-bond acceptors (Lipinski definition) is 4. The van der Waals surface area contributed by atoms with Crippen LogP contribution in [0.5, 0.6) is 0 Å². The third kappa shape index (κ3) is 5.37. The van der Waals surface area contributed by atoms with Crippen molar-refractivity contribution in [2.24, 2.45) is 0 Å². The minimum absolute atomic E-state index is 0.0348. The molecule has 0 radical (unpaired) electrons. The molecule has 0 saturated carbocycles. The standard InChI is InChI=1S/C18H23N3O3S/c1-18(2,3)15-4-6-16(7-5-15)25(23,24)21-13-12-20-17(22)14-8-10-19-11-9-14/h4-11,21H,12-13H2,1-3H3,(H,20,22). The molecule has 1 amide bonds. The van der Waals surface area contributed by atoms with E-state index in [1.54, 1.807) is 24.3 Å². The van der Waals surface area contributed by atoms with Gasteiger partial charge in [0.2, 0.25) is 10.0 Å². The predicted molar refractivity (Wildman–Crippen MR) is 96.9 cm³/mol. The Morgan fingerprint density at radius 1 is 1.00 bits per heavy atom. The molecular formula is C18H23N3O3S. The monoisotopic (exact) mass is 361 g/mol. The van der Waals surface area contributed by atoms with Crippen molar-refractivity contribution in [2.45, 2.75) is 31.1 Å². The molecule has 0 bridgehead atoms. The molecule has 25 heavy (non-hydrogen) atoms. The van der Waals surface area contributed by atoms with E-state index in [0.29, 0.717) is 5.56 Å². The summed E-state index contributed by atoms with van der Waals surface area (Å²) >= 11 is 0. The summed E-state index contributed by atoms with van der Waals surface area (Å²) in [6.45, 7) is 6.52. The van der Waals surface area contributed by atoms with E-state index < -0.39 is 10.0 Å². The van der Waals surface area contributed by atoms with Crippen molar-refractivity contribution in [3.05, 3.63) is 59.9 Å². The molecule has 6 nitrogen and oxygen atoms in total. The van der Waals surface area contributed by atoms with Gasteiger partial charge in [-0.3, -0.25) is 9.78 Å². The van der Waals surface area contributed by atoms with Gasteiger partial charge in [0, 0.05) is 31.0 Å². The second kappa shape index (κ2) is 7.76. The quantitative estimate of drug-likeness (QED) is 0.771. The third-order valence-electron chi connectivity index (χ3n) is 3.68. The van der Waals surface area contributed by atoms with E-state index in [9.17, 15) is 13.2 Å². The molecule has 1 aromatic heterocycles. The van der Waals surface area contributed by atoms with Gasteiger partial charge in [0.15, 0.2) is 0 Å². The van der Waals surface area contributed by atoms with Gasteiger partial charge in [-0.15, -0.1) is 0 Å². The van der Waals surface area contributed by atoms with Crippen molar-refractivity contribution in [3.63, 3.8) is 0 Å². The van der Waals surface area contributed by atoms with Crippen molar-refractivity contribution >= 4 is 15.9 Å². The Hall–Kier alpha value is -2.25. The molecule has 0 atom stereocenters. The highest BCUT2D eigenvalue weighted by Crippen LogP contribution is 2.23. The number of aromatic nitrogens is 1. The number of rotatable bonds is 6. The lowest BCUT2D eigenvalue weighted by molar-refractivity contribution is 0.0954. The fourth-order valence-electron chi connectivity index (χ4n) is 2.18. The zero-order valence-corrected chi connectivity index (χ0v) is 15.4. The van der Waals surface area contributed by atoms with Crippen molar-refractivity contribution in [3.8, 4) is 0 Å². The molecule has 7 heteroatoms. The lowest BCUT2D eigenvalue weighted by Crippen LogP contribution is -2.34. The molecule has 0 spiro atoms. The SMILES string of the molecule is CC(C)(C)c1ccc(S(=O)(=O)NCCNC(=O)c2ccncc2)cc1. The Morgan fingerprint density at radius 2 is 1.60 bits per heavy atom. The smallest absolute Gasteiger partial charge is 0.251 e. The van der Waals surface area contributed by atoms with Crippen LogP contribution >= 0.6 is 0 Å². The molecule has 2 N–H and O–H groups in total. The average molecular weight is 361 g/mol. The molecule has 2 aromatic rings. The zero-order chi connectivity index (χ0) is 18.5. The van der Waals surface area contributed by atoms with Crippen LogP contribution in [0.2, 0.25) is 0 Å². The molecule has 0 fully saturated rings. The average Bonchev–Trinajstić information content (AvgIpc) is 2.58. The Bertz CT molecular complexity index is 811. The van der Waals surface area contributed by atoms with Gasteiger partial charge >= 0.3 is 0 Å². The largest absolute Gasteiger partial charge is 0.351 e. The molecule has 1 aromatic carbocycles. The Balaban J connectivity index is 1.88. The summed E-state index contributed by atoms with van der Waals surface area (Å²) < 4.78 is 27.0. The summed E-state index contributed by atoms with van der Waals surface area (Å²) in [5.74, 6) is -0.267. The predicted octanol–water partition coefficient (Wildman–Crippen LogP) is 2.09. The van der Waals surface area contributed by atoms with Gasteiger partial charge in [-0.25, -0.2) is 13.1 Å². The van der Waals surface area contributed by atoms with Crippen molar-refractivity contribution in [1.29, 1.82) is 0 Å². The first-order valence-electron chi connectivity index (χ1n) is 7.98. The van der Waals surface area contributed by atoms with Crippen molar-refractivity contribution in [1.82, 2.24) is 15.0 Å². The van der Waals surface area contributed by atoms with Crippen LogP contribution in [0.1, 0.15) is 36.7 Å². The Morgan fingerprint density at radius 3 is 2.16 bits per heavy atom. The van der Waals surface area contributed by atoms with Crippen LogP contribution in [0.25, 0.3) is 0 Å². The second-order valence-corrected chi connectivity index (χ2v) is 8.43. The fourth-order valence-corrected chi connectivity index (χ4v) is 3.22. The first-order valence-corrected chi connectivity index (χ1v) is 9.47. The maximum absolute atomic E-state index is 12.3. The normalized spacial score (nSPS) is 12.0. The Kier molecular flexibility index (Phi) is 5.92. The van der Waals surface area contributed by atoms with Gasteiger partial charge in [0.25, 0.3) is 5.91 Å². The van der Waals surface area contributed by atoms with Gasteiger partial charge in [-0.1, -0.05) is 32.9 Å². The number of hydrogen-bond donors (Lipinski definition) is 2. The lowest BCUT2D eigenvalue weighted by Gasteiger charge is -2.19. The van der Waals surface area contributed by atoms with E-state index >= 15 is 0 Å². The molecule has 0 saturated heterocycles. The summed E-state index contributed by atoms with van der Waals surface area (Å²) in [4.78, 5) is 15.9. The van der Waals surface area contributed by atoms with Crippen LogP contribution in [-0.2, 0) is 15.4 Å². The number of pyridine rings is 1. The minimum Gasteiger partial charge on any atom is -0.351 e. The van der Waals surface area contributed by atoms with Crippen molar-refractivity contribution < 1.29 is 13.2 Å². The van der Waals surface area contributed by atoms with E-state index in [4.69, 9.17) is 0 Å². The molecule has 2 rings (SSSR count). The topological polar surface area (TPSA) is 88.2 Å². The molecule has 0 aliphatic rings. The van der Waals surface area contributed by atoms with E-state index in [2.05, 4.69) is 35.8 Å². The first-order chi connectivity index (χ1) is 11.7. The number of benzene rings is 1. The lowest BCUT2D eigenvalue weighted by atomic mass is 9.87. The van der Waals surface area contributed by atoms with Crippen molar-refractivity contribution in [2.75, 3.05) is 13.1 Å². The highest BCUT2D eigenvalue weighted by atomic mass is 32.2. The van der Waals surface area contributed by atoms with Crippen LogP contribution in [0.15, 0.2) is 53.7 Å². The molecule has 134 valence electrons. The number of nitrogens with one attached hydrogen (secondary N) is 2. The summed E-state index contributed by atoms with van der Waals surface area (Å²) in [6.07, 6.45) is 3.05. The van der Waals surface area contributed by atoms with Gasteiger partial charge in [0.1, 0.15) is 0 Å². The number of carbonyl (C=O) groups excluding carboxylic acids is 1. The maximum Gasteiger partial charge on any atom is 0.251 e. The van der Waals surface area contributed by atoms with Gasteiger partial charge in [0.05, 0.1) is 4.90 Å². The van der Waals surface area contributed by atoms with Crippen LogP contribution in [0.3, 0.4) is 0 Å². The van der Waals surface area contributed by atoms with Gasteiger partial charge < -0.3 is 5.32 Å². The molecule has 0 aliphatic carbocycles. The number of carbonyl (C=O) groups is 1. The zero-order valence-electron chi connectivity index (χ0n) is 14.6. The number of sulfonamides is 1. The highest BCUT2D eigenvalue weighted by Gasteiger charge is 2.17. The highest BCUT2D eigenvalue weighted by molar-refractivity contribution is 7.89. The maximum atomic E-state index is 12.3. The molecular weight excluding hydrogens is 338 g/mol. The third-order valence-corrected chi connectivity index (χ3v) is 5.15. The van der Waals surface area contributed by atoms with E-state index in [0.717, 1.165) is 5.56 Å². The number of nitrogens with zero attached hydrogens (tertiary/aromatic N) is 1. The summed E-state index contributed by atoms with van der Waals surface area (Å²) in [5.41, 5.74) is 1.51. The molecule has 0 unspecified atom stereocenters. The van der Waals surface area contributed by atoms with E-state index in [1.807, 2.05) is 12.1 Å². The summed E-state index contributed by atoms with van der Waals surface area (Å²) in [5, 5.41) is 2.66. The molecule has 0 aliphatic heterocycles. The second-order valence-electron chi connectivity index (χ2n) is 6.66. The Labute approximate surface area is 148 Å². The van der Waals surface area contributed by atoms with Crippen LogP contribution < -0.4 is 10.0 Å². The first kappa shape index (κ1) is 19.1. The minimum atomic E-state index is -3.60. The fraction of sp³-hybridized carbons (Fsp3) is 0.333. The van der Waals surface area contributed by atoms with Crippen LogP contribution in [0.4, 0.5) is 0 Å². The summed E-state index contributed by atoms with van der Waals surface area (Å²) in [6, 6.07) is 10.0. The van der Waals surface area contributed by atoms with Gasteiger partial charge in [-0.05, 0) is 35.2 Å². The summed E-state index contributed by atoms with van der Waals surface area (Å²) in [7, 11) is -3.60.